The van der Waals surface area contributed by atoms with Gasteiger partial charge in [0.2, 0.25) is 0 Å². The van der Waals surface area contributed by atoms with Crippen molar-refractivity contribution in [2.24, 2.45) is 0 Å². The Morgan fingerprint density at radius 1 is 1.21 bits per heavy atom. The highest BCUT2D eigenvalue weighted by Crippen LogP contribution is 2.35. The zero-order chi connectivity index (χ0) is 17.7. The Kier molecular flexibility index (Phi) is 5.43. The third kappa shape index (κ3) is 3.84. The molecule has 0 fully saturated rings. The van der Waals surface area contributed by atoms with E-state index in [0.29, 0.717) is 12.0 Å². The van der Waals surface area contributed by atoms with E-state index in [1.54, 1.807) is 19.3 Å². The lowest BCUT2D eigenvalue weighted by atomic mass is 9.99. The van der Waals surface area contributed by atoms with Crippen LogP contribution in [0.25, 0.3) is 0 Å². The fourth-order valence-electron chi connectivity index (χ4n) is 2.09. The molecule has 2 aromatic rings. The predicted molar refractivity (Wildman–Crippen MR) is 83.2 cm³/mol. The van der Waals surface area contributed by atoms with Crippen molar-refractivity contribution in [1.82, 2.24) is 9.97 Å². The molecule has 24 heavy (non-hydrogen) atoms. The van der Waals surface area contributed by atoms with Gasteiger partial charge in [0.05, 0.1) is 6.61 Å². The van der Waals surface area contributed by atoms with Crippen LogP contribution in [0.4, 0.5) is 8.78 Å². The molecule has 7 heteroatoms. The number of alkyl halides is 2. The average molecular weight is 336 g/mol. The SMILES string of the molecule is CCOC(=O)C(F)(F)c1cc(Oc2ncc(C)cn2)ccc1CC. The van der Waals surface area contributed by atoms with Crippen molar-refractivity contribution in [1.29, 1.82) is 0 Å². The molecule has 0 saturated carbocycles. The van der Waals surface area contributed by atoms with E-state index in [1.165, 1.54) is 19.1 Å². The van der Waals surface area contributed by atoms with Gasteiger partial charge in [-0.3, -0.25) is 0 Å². The summed E-state index contributed by atoms with van der Waals surface area (Å²) in [7, 11) is 0. The summed E-state index contributed by atoms with van der Waals surface area (Å²) >= 11 is 0. The van der Waals surface area contributed by atoms with Gasteiger partial charge in [-0.1, -0.05) is 13.0 Å². The number of hydrogen-bond acceptors (Lipinski definition) is 5. The van der Waals surface area contributed by atoms with E-state index < -0.39 is 17.5 Å². The number of carbonyl (C=O) groups excluding carboxylic acids is 1. The highest BCUT2D eigenvalue weighted by atomic mass is 19.3. The molecule has 0 radical (unpaired) electrons. The van der Waals surface area contributed by atoms with E-state index in [9.17, 15) is 13.6 Å². The van der Waals surface area contributed by atoms with Crippen LogP contribution < -0.4 is 4.74 Å². The first-order valence-corrected chi connectivity index (χ1v) is 7.53. The van der Waals surface area contributed by atoms with Crippen LogP contribution in [-0.4, -0.2) is 22.5 Å². The molecule has 1 aromatic heterocycles. The van der Waals surface area contributed by atoms with Gasteiger partial charge < -0.3 is 9.47 Å². The maximum Gasteiger partial charge on any atom is 0.381 e. The quantitative estimate of drug-likeness (QED) is 0.751. The molecular weight excluding hydrogens is 318 g/mol. The minimum absolute atomic E-state index is 0.0373. The largest absolute Gasteiger partial charge is 0.461 e. The van der Waals surface area contributed by atoms with Crippen LogP contribution in [0.5, 0.6) is 11.8 Å². The van der Waals surface area contributed by atoms with Crippen LogP contribution in [0.15, 0.2) is 30.6 Å². The number of rotatable bonds is 6. The van der Waals surface area contributed by atoms with Crippen molar-refractivity contribution < 1.29 is 23.0 Å². The van der Waals surface area contributed by atoms with Crippen molar-refractivity contribution in [3.8, 4) is 11.8 Å². The normalized spacial score (nSPS) is 11.2. The molecule has 0 aliphatic rings. The number of ether oxygens (including phenoxy) is 2. The standard InChI is InChI=1S/C17H18F2N2O3/c1-4-12-6-7-13(24-16-20-9-11(3)10-21-16)8-14(12)17(18,19)15(22)23-5-2/h6-10H,4-5H2,1-3H3. The van der Waals surface area contributed by atoms with E-state index in [-0.39, 0.29) is 18.4 Å². The number of esters is 1. The molecule has 0 unspecified atom stereocenters. The van der Waals surface area contributed by atoms with Crippen LogP contribution in [0.3, 0.4) is 0 Å². The van der Waals surface area contributed by atoms with Gasteiger partial charge in [0, 0.05) is 18.0 Å². The summed E-state index contributed by atoms with van der Waals surface area (Å²) < 4.78 is 38.7. The molecule has 1 heterocycles. The second kappa shape index (κ2) is 7.33. The second-order valence-electron chi connectivity index (χ2n) is 5.11. The lowest BCUT2D eigenvalue weighted by Crippen LogP contribution is -2.29. The monoisotopic (exact) mass is 336 g/mol. The molecule has 0 atom stereocenters. The number of halogens is 2. The number of aryl methyl sites for hydroxylation is 2. The van der Waals surface area contributed by atoms with E-state index >= 15 is 0 Å². The van der Waals surface area contributed by atoms with Gasteiger partial charge in [-0.15, -0.1) is 0 Å². The van der Waals surface area contributed by atoms with E-state index in [0.717, 1.165) is 11.6 Å². The number of carbonyl (C=O) groups is 1. The predicted octanol–water partition coefficient (Wildman–Crippen LogP) is 3.79. The van der Waals surface area contributed by atoms with Crippen LogP contribution in [-0.2, 0) is 21.9 Å². The van der Waals surface area contributed by atoms with E-state index in [4.69, 9.17) is 4.74 Å². The summed E-state index contributed by atoms with van der Waals surface area (Å²) in [4.78, 5) is 19.5. The minimum atomic E-state index is -3.76. The third-order valence-electron chi connectivity index (χ3n) is 3.30. The fraction of sp³-hybridized carbons (Fsp3) is 0.353. The first kappa shape index (κ1) is 17.8. The number of benzene rings is 1. The maximum absolute atomic E-state index is 14.4. The Morgan fingerprint density at radius 2 is 1.88 bits per heavy atom. The Bertz CT molecular complexity index is 718. The highest BCUT2D eigenvalue weighted by molar-refractivity contribution is 5.80. The molecule has 0 aliphatic heterocycles. The zero-order valence-corrected chi connectivity index (χ0v) is 13.7. The van der Waals surface area contributed by atoms with Crippen molar-refractivity contribution >= 4 is 5.97 Å². The van der Waals surface area contributed by atoms with E-state index in [2.05, 4.69) is 14.7 Å². The van der Waals surface area contributed by atoms with Crippen molar-refractivity contribution in [3.05, 3.63) is 47.3 Å². The molecule has 2 rings (SSSR count). The summed E-state index contributed by atoms with van der Waals surface area (Å²) in [5.74, 6) is -5.21. The summed E-state index contributed by atoms with van der Waals surface area (Å²) in [6, 6.07) is 4.19. The summed E-state index contributed by atoms with van der Waals surface area (Å²) in [6.45, 7) is 4.90. The Labute approximate surface area is 138 Å². The van der Waals surface area contributed by atoms with Crippen LogP contribution >= 0.6 is 0 Å². The van der Waals surface area contributed by atoms with Gasteiger partial charge in [-0.05, 0) is 43.5 Å². The molecule has 1 aromatic carbocycles. The molecule has 0 amide bonds. The topological polar surface area (TPSA) is 61.3 Å². The van der Waals surface area contributed by atoms with E-state index in [1.807, 2.05) is 6.92 Å². The Hall–Kier alpha value is -2.57. The second-order valence-corrected chi connectivity index (χ2v) is 5.11. The van der Waals surface area contributed by atoms with Gasteiger partial charge in [-0.25, -0.2) is 14.8 Å². The van der Waals surface area contributed by atoms with Crippen LogP contribution in [0.1, 0.15) is 30.5 Å². The van der Waals surface area contributed by atoms with Gasteiger partial charge in [-0.2, -0.15) is 8.78 Å². The van der Waals surface area contributed by atoms with Crippen molar-refractivity contribution in [2.45, 2.75) is 33.1 Å². The fourth-order valence-corrected chi connectivity index (χ4v) is 2.09. The molecular formula is C17H18F2N2O3. The first-order chi connectivity index (χ1) is 11.4. The zero-order valence-electron chi connectivity index (χ0n) is 13.7. The Morgan fingerprint density at radius 3 is 2.46 bits per heavy atom. The van der Waals surface area contributed by atoms with Gasteiger partial charge in [0.25, 0.3) is 0 Å². The summed E-state index contributed by atoms with van der Waals surface area (Å²) in [6.07, 6.45) is 3.44. The number of hydrogen-bond donors (Lipinski definition) is 0. The number of nitrogens with zero attached hydrogens (tertiary/aromatic N) is 2. The minimum Gasteiger partial charge on any atom is -0.461 e. The molecule has 0 bridgehead atoms. The summed E-state index contributed by atoms with van der Waals surface area (Å²) in [5.41, 5.74) is 0.747. The van der Waals surface area contributed by atoms with Gasteiger partial charge >= 0.3 is 17.9 Å². The molecule has 5 nitrogen and oxygen atoms in total. The first-order valence-electron chi connectivity index (χ1n) is 7.53. The van der Waals surface area contributed by atoms with Crippen LogP contribution in [0, 0.1) is 6.92 Å². The molecule has 128 valence electrons. The number of aromatic nitrogens is 2. The van der Waals surface area contributed by atoms with Gasteiger partial charge in [0.15, 0.2) is 0 Å². The lowest BCUT2D eigenvalue weighted by molar-refractivity contribution is -0.173. The maximum atomic E-state index is 14.4. The lowest BCUT2D eigenvalue weighted by Gasteiger charge is -2.19. The molecule has 0 spiro atoms. The highest BCUT2D eigenvalue weighted by Gasteiger charge is 2.44. The molecule has 0 N–H and O–H groups in total. The van der Waals surface area contributed by atoms with Gasteiger partial charge in [0.1, 0.15) is 5.75 Å². The van der Waals surface area contributed by atoms with Crippen molar-refractivity contribution in [2.75, 3.05) is 6.61 Å². The molecule has 0 saturated heterocycles. The Balaban J connectivity index is 2.36. The van der Waals surface area contributed by atoms with Crippen molar-refractivity contribution in [3.63, 3.8) is 0 Å². The average Bonchev–Trinajstić information content (AvgIpc) is 2.57. The van der Waals surface area contributed by atoms with Crippen LogP contribution in [0.2, 0.25) is 0 Å². The smallest absolute Gasteiger partial charge is 0.381 e. The molecule has 0 aliphatic carbocycles. The summed E-state index contributed by atoms with van der Waals surface area (Å²) in [5, 5.41) is 0. The third-order valence-corrected chi connectivity index (χ3v) is 3.30.